The van der Waals surface area contributed by atoms with Crippen molar-refractivity contribution in [1.82, 2.24) is 19.9 Å². The molecule has 14 heteroatoms. The van der Waals surface area contributed by atoms with Crippen LogP contribution in [-0.4, -0.2) is 70.8 Å². The van der Waals surface area contributed by atoms with Gasteiger partial charge in [-0.15, -0.1) is 13.2 Å². The molecule has 2 amide bonds. The first kappa shape index (κ1) is 31.8. The van der Waals surface area contributed by atoms with E-state index in [-0.39, 0.29) is 34.2 Å². The minimum absolute atomic E-state index is 0.0556. The summed E-state index contributed by atoms with van der Waals surface area (Å²) in [7, 11) is -1.84. The number of ether oxygens (including phenoxy) is 1. The molecule has 0 bridgehead atoms. The number of hydrogen-bond acceptors (Lipinski definition) is 6. The summed E-state index contributed by atoms with van der Waals surface area (Å²) in [5, 5.41) is 11.3. The molecule has 1 saturated heterocycles. The molecule has 2 aliphatic rings. The number of anilines is 1. The Morgan fingerprint density at radius 3 is 2.39 bits per heavy atom. The van der Waals surface area contributed by atoms with Crippen molar-refractivity contribution in [2.45, 2.75) is 88.9 Å². The SMILES string of the molecule is CC(C)(C)[Si](C)(C)OC1CC(c2nc3c(C4CCN(C(=O)c5ccc(OC(F)(F)F)cc5NC(=O)O)CC4)ccnc3[nH]2)C1. The molecule has 10 nitrogen and oxygen atoms in total. The molecule has 44 heavy (non-hydrogen) atoms. The number of likely N-dealkylation sites (tertiary alicyclic amines) is 1. The van der Waals surface area contributed by atoms with Crippen LogP contribution in [0.3, 0.4) is 0 Å². The van der Waals surface area contributed by atoms with E-state index in [1.807, 2.05) is 11.4 Å². The number of amides is 2. The van der Waals surface area contributed by atoms with Gasteiger partial charge in [0.2, 0.25) is 0 Å². The highest BCUT2D eigenvalue weighted by Gasteiger charge is 2.43. The zero-order chi connectivity index (χ0) is 32.0. The monoisotopic (exact) mass is 633 g/mol. The summed E-state index contributed by atoms with van der Waals surface area (Å²) in [5.74, 6) is 0.215. The Bertz CT molecular complexity index is 1540. The van der Waals surface area contributed by atoms with Crippen molar-refractivity contribution < 1.29 is 37.0 Å². The van der Waals surface area contributed by atoms with Gasteiger partial charge in [-0.3, -0.25) is 10.1 Å². The minimum Gasteiger partial charge on any atom is -0.465 e. The number of pyridine rings is 1. The Labute approximate surface area is 254 Å². The molecule has 1 aliphatic heterocycles. The molecule has 3 N–H and O–H groups in total. The highest BCUT2D eigenvalue weighted by atomic mass is 28.4. The van der Waals surface area contributed by atoms with Crippen LogP contribution in [0.25, 0.3) is 11.2 Å². The second kappa shape index (κ2) is 11.7. The molecule has 1 aromatic carbocycles. The van der Waals surface area contributed by atoms with Crippen molar-refractivity contribution in [3.05, 3.63) is 47.4 Å². The highest BCUT2D eigenvalue weighted by molar-refractivity contribution is 6.74. The number of carbonyl (C=O) groups is 2. The summed E-state index contributed by atoms with van der Waals surface area (Å²) in [5.41, 5.74) is 2.28. The Hall–Kier alpha value is -3.65. The zero-order valence-electron chi connectivity index (χ0n) is 25.4. The van der Waals surface area contributed by atoms with Crippen molar-refractivity contribution in [1.29, 1.82) is 0 Å². The highest BCUT2D eigenvalue weighted by Crippen LogP contribution is 2.44. The second-order valence-electron chi connectivity index (χ2n) is 13.1. The number of rotatable bonds is 7. The van der Waals surface area contributed by atoms with Crippen LogP contribution in [0, 0.1) is 0 Å². The van der Waals surface area contributed by atoms with Crippen molar-refractivity contribution in [3.8, 4) is 5.75 Å². The zero-order valence-corrected chi connectivity index (χ0v) is 26.4. The number of carbonyl (C=O) groups excluding carboxylic acids is 1. The molecule has 1 aliphatic carbocycles. The molecule has 0 radical (unpaired) electrons. The average Bonchev–Trinajstić information content (AvgIpc) is 3.32. The molecule has 1 saturated carbocycles. The number of nitrogens with one attached hydrogen (secondary N) is 2. The standard InChI is InChI=1S/C30H38F3N5O5Si/c1-29(2,3)44(4,5)43-20-14-18(15-20)25-36-24-21(8-11-34-26(24)37-25)17-9-12-38(13-10-17)27(39)22-7-6-19(42-30(31,32)33)16-23(22)35-28(40)41/h6-8,11,16-18,20,35H,9-10,12-15H2,1-5H3,(H,40,41)(H,34,36,37). The van der Waals surface area contributed by atoms with Gasteiger partial charge in [-0.05, 0) is 73.5 Å². The number of hydrogen-bond donors (Lipinski definition) is 3. The van der Waals surface area contributed by atoms with E-state index >= 15 is 0 Å². The molecule has 2 fully saturated rings. The average molecular weight is 634 g/mol. The van der Waals surface area contributed by atoms with Crippen molar-refractivity contribution in [2.75, 3.05) is 18.4 Å². The van der Waals surface area contributed by atoms with Crippen LogP contribution in [0.2, 0.25) is 18.1 Å². The molecule has 0 spiro atoms. The largest absolute Gasteiger partial charge is 0.573 e. The van der Waals surface area contributed by atoms with Gasteiger partial charge in [-0.2, -0.15) is 0 Å². The van der Waals surface area contributed by atoms with Crippen LogP contribution < -0.4 is 10.1 Å². The maximum Gasteiger partial charge on any atom is 0.573 e. The van der Waals surface area contributed by atoms with Gasteiger partial charge in [-0.25, -0.2) is 14.8 Å². The summed E-state index contributed by atoms with van der Waals surface area (Å²) in [6.45, 7) is 12.0. The number of aromatic amines is 1. The van der Waals surface area contributed by atoms with Crippen LogP contribution in [0.1, 0.15) is 80.0 Å². The lowest BCUT2D eigenvalue weighted by atomic mass is 9.82. The van der Waals surface area contributed by atoms with Crippen LogP contribution >= 0.6 is 0 Å². The molecular formula is C30H38F3N5O5Si. The van der Waals surface area contributed by atoms with E-state index in [0.717, 1.165) is 53.6 Å². The number of fused-ring (bicyclic) bond motifs is 1. The predicted octanol–water partition coefficient (Wildman–Crippen LogP) is 7.23. The number of H-pyrrole nitrogens is 1. The van der Waals surface area contributed by atoms with Crippen molar-refractivity contribution >= 4 is 37.2 Å². The summed E-state index contributed by atoms with van der Waals surface area (Å²) >= 11 is 0. The number of carboxylic acid groups (broad SMARTS) is 1. The predicted molar refractivity (Wildman–Crippen MR) is 161 cm³/mol. The molecule has 3 aromatic rings. The smallest absolute Gasteiger partial charge is 0.465 e. The lowest BCUT2D eigenvalue weighted by Gasteiger charge is -2.44. The topological polar surface area (TPSA) is 130 Å². The summed E-state index contributed by atoms with van der Waals surface area (Å²) < 4.78 is 48.5. The molecule has 0 atom stereocenters. The molecule has 238 valence electrons. The molecule has 0 unspecified atom stereocenters. The van der Waals surface area contributed by atoms with Gasteiger partial charge in [0.1, 0.15) is 17.1 Å². The van der Waals surface area contributed by atoms with Crippen molar-refractivity contribution in [3.63, 3.8) is 0 Å². The first-order valence-electron chi connectivity index (χ1n) is 14.7. The first-order chi connectivity index (χ1) is 20.5. The van der Waals surface area contributed by atoms with E-state index in [2.05, 4.69) is 48.6 Å². The fourth-order valence-corrected chi connectivity index (χ4v) is 7.02. The number of benzene rings is 1. The number of halogens is 3. The van der Waals surface area contributed by atoms with Crippen LogP contribution in [-0.2, 0) is 4.43 Å². The summed E-state index contributed by atoms with van der Waals surface area (Å²) in [6, 6.07) is 4.95. The van der Waals surface area contributed by atoms with Crippen LogP contribution in [0.15, 0.2) is 30.5 Å². The first-order valence-corrected chi connectivity index (χ1v) is 17.6. The van der Waals surface area contributed by atoms with Crippen molar-refractivity contribution in [2.24, 2.45) is 0 Å². The van der Waals surface area contributed by atoms with E-state index in [9.17, 15) is 27.9 Å². The van der Waals surface area contributed by atoms with Gasteiger partial charge in [0.05, 0.1) is 11.3 Å². The third-order valence-electron chi connectivity index (χ3n) is 9.10. The minimum atomic E-state index is -4.96. The van der Waals surface area contributed by atoms with E-state index in [1.165, 1.54) is 0 Å². The van der Waals surface area contributed by atoms with Gasteiger partial charge in [0.25, 0.3) is 5.91 Å². The number of nitrogens with zero attached hydrogens (tertiary/aromatic N) is 3. The lowest BCUT2D eigenvalue weighted by molar-refractivity contribution is -0.274. The molecule has 3 heterocycles. The lowest BCUT2D eigenvalue weighted by Crippen LogP contribution is -2.47. The molecule has 2 aromatic heterocycles. The van der Waals surface area contributed by atoms with Crippen LogP contribution in [0.4, 0.5) is 23.7 Å². The van der Waals surface area contributed by atoms with Gasteiger partial charge in [0.15, 0.2) is 14.0 Å². The van der Waals surface area contributed by atoms with Gasteiger partial charge >= 0.3 is 12.5 Å². The van der Waals surface area contributed by atoms with E-state index < -0.39 is 32.4 Å². The summed E-state index contributed by atoms with van der Waals surface area (Å²) in [4.78, 5) is 39.1. The fraction of sp³-hybridized carbons (Fsp3) is 0.533. The number of imidazole rings is 1. The normalized spacial score (nSPS) is 20.0. The Balaban J connectivity index is 1.25. The number of aromatic nitrogens is 3. The maximum absolute atomic E-state index is 13.3. The number of piperidine rings is 1. The van der Waals surface area contributed by atoms with Gasteiger partial charge < -0.3 is 24.2 Å². The quantitative estimate of drug-likeness (QED) is 0.234. The van der Waals surface area contributed by atoms with E-state index in [4.69, 9.17) is 9.41 Å². The number of alkyl halides is 3. The molecule has 5 rings (SSSR count). The second-order valence-corrected chi connectivity index (χ2v) is 17.9. The fourth-order valence-electron chi connectivity index (χ4n) is 5.64. The Kier molecular flexibility index (Phi) is 8.44. The van der Waals surface area contributed by atoms with E-state index in [1.54, 1.807) is 11.1 Å². The third kappa shape index (κ3) is 6.85. The van der Waals surface area contributed by atoms with Gasteiger partial charge in [-0.1, -0.05) is 20.8 Å². The van der Waals surface area contributed by atoms with Crippen LogP contribution in [0.5, 0.6) is 5.75 Å². The Morgan fingerprint density at radius 1 is 1.09 bits per heavy atom. The van der Waals surface area contributed by atoms with Gasteiger partial charge in [0, 0.05) is 37.4 Å². The maximum atomic E-state index is 13.3. The summed E-state index contributed by atoms with van der Waals surface area (Å²) in [6.07, 6.45) is -1.36. The molecular weight excluding hydrogens is 595 g/mol. The van der Waals surface area contributed by atoms with E-state index in [0.29, 0.717) is 25.9 Å². The third-order valence-corrected chi connectivity index (χ3v) is 13.6. The Morgan fingerprint density at radius 2 is 1.77 bits per heavy atom.